The van der Waals surface area contributed by atoms with Gasteiger partial charge in [0, 0.05) is 27.7 Å². The molecule has 4 aromatic rings. The normalized spacial score (nSPS) is 10.9. The number of anilines is 1. The van der Waals surface area contributed by atoms with E-state index in [4.69, 9.17) is 23.2 Å². The third kappa shape index (κ3) is 4.21. The average molecular weight is 418 g/mol. The quantitative estimate of drug-likeness (QED) is 0.420. The molecular formula is C18H13Cl2N5OS. The Hall–Kier alpha value is -2.61. The number of aromatic amines is 1. The zero-order valence-corrected chi connectivity index (χ0v) is 16.1. The summed E-state index contributed by atoms with van der Waals surface area (Å²) in [5, 5.41) is 8.55. The molecule has 2 heterocycles. The van der Waals surface area contributed by atoms with Gasteiger partial charge in [-0.3, -0.25) is 0 Å². The lowest BCUT2D eigenvalue weighted by Gasteiger charge is -2.08. The molecule has 27 heavy (non-hydrogen) atoms. The van der Waals surface area contributed by atoms with Crippen molar-refractivity contribution < 1.29 is 4.79 Å². The molecule has 4 rings (SSSR count). The summed E-state index contributed by atoms with van der Waals surface area (Å²) < 4.78 is 0. The Morgan fingerprint density at radius 3 is 2.70 bits per heavy atom. The van der Waals surface area contributed by atoms with Gasteiger partial charge in [-0.15, -0.1) is 11.3 Å². The lowest BCUT2D eigenvalue weighted by molar-refractivity contribution is 0.251. The average Bonchev–Trinajstić information content (AvgIpc) is 3.28. The van der Waals surface area contributed by atoms with Crippen LogP contribution < -0.4 is 10.6 Å². The molecule has 0 atom stereocenters. The van der Waals surface area contributed by atoms with Crippen LogP contribution in [-0.2, 0) is 6.54 Å². The number of hydrogen-bond acceptors (Lipinski definition) is 4. The molecule has 0 saturated heterocycles. The Kier molecular flexibility index (Phi) is 4.98. The van der Waals surface area contributed by atoms with Crippen molar-refractivity contribution in [3.05, 3.63) is 62.9 Å². The second-order valence-corrected chi connectivity index (χ2v) is 7.37. The molecule has 2 amide bonds. The Morgan fingerprint density at radius 1 is 1.15 bits per heavy atom. The summed E-state index contributed by atoms with van der Waals surface area (Å²) in [5.74, 6) is 0.700. The minimum atomic E-state index is -0.333. The van der Waals surface area contributed by atoms with Crippen LogP contribution >= 0.6 is 34.5 Å². The number of nitrogens with one attached hydrogen (secondary N) is 3. The van der Waals surface area contributed by atoms with Crippen molar-refractivity contribution in [2.24, 2.45) is 0 Å². The fourth-order valence-corrected chi connectivity index (χ4v) is 3.71. The smallest absolute Gasteiger partial charge is 0.319 e. The maximum atomic E-state index is 12.2. The van der Waals surface area contributed by atoms with Crippen molar-refractivity contribution in [3.8, 4) is 11.5 Å². The van der Waals surface area contributed by atoms with Crippen molar-refractivity contribution >= 4 is 57.3 Å². The van der Waals surface area contributed by atoms with Gasteiger partial charge in [-0.25, -0.2) is 14.8 Å². The number of H-pyrrole nitrogens is 1. The number of imidazole rings is 1. The number of nitrogens with zero attached hydrogens (tertiary/aromatic N) is 2. The predicted octanol–water partition coefficient (Wildman–Crippen LogP) is 5.31. The Labute approximate surface area is 168 Å². The molecule has 3 N–H and O–H groups in total. The topological polar surface area (TPSA) is 82.7 Å². The largest absolute Gasteiger partial charge is 0.337 e. The Bertz CT molecular complexity index is 1090. The second-order valence-electron chi connectivity index (χ2n) is 5.78. The third-order valence-corrected chi connectivity index (χ3v) is 4.81. The first-order chi connectivity index (χ1) is 13.1. The molecule has 0 aliphatic heterocycles. The van der Waals surface area contributed by atoms with E-state index < -0.39 is 0 Å². The van der Waals surface area contributed by atoms with Crippen molar-refractivity contribution in [1.82, 2.24) is 20.3 Å². The van der Waals surface area contributed by atoms with E-state index in [1.807, 2.05) is 11.4 Å². The lowest BCUT2D eigenvalue weighted by atomic mass is 10.2. The van der Waals surface area contributed by atoms with Crippen molar-refractivity contribution in [1.29, 1.82) is 0 Å². The summed E-state index contributed by atoms with van der Waals surface area (Å²) in [6.45, 7) is 0.310. The number of fused-ring (bicyclic) bond motifs is 1. The monoisotopic (exact) mass is 417 g/mol. The number of carbonyl (C=O) groups excluding carboxylic acids is 1. The van der Waals surface area contributed by atoms with Crippen LogP contribution in [0.2, 0.25) is 10.0 Å². The van der Waals surface area contributed by atoms with Crippen LogP contribution in [0.3, 0.4) is 0 Å². The first kappa shape index (κ1) is 17.8. The molecule has 0 fully saturated rings. The fourth-order valence-electron chi connectivity index (χ4n) is 2.60. The summed E-state index contributed by atoms with van der Waals surface area (Å²) in [6.07, 6.45) is 0. The van der Waals surface area contributed by atoms with E-state index in [1.54, 1.807) is 35.8 Å². The van der Waals surface area contributed by atoms with Crippen LogP contribution in [0.5, 0.6) is 0 Å². The number of urea groups is 1. The second kappa shape index (κ2) is 7.56. The van der Waals surface area contributed by atoms with Crippen LogP contribution in [-0.4, -0.2) is 21.0 Å². The van der Waals surface area contributed by atoms with E-state index in [-0.39, 0.29) is 6.03 Å². The highest BCUT2D eigenvalue weighted by atomic mass is 35.5. The Balaban J connectivity index is 1.44. The molecule has 0 aliphatic carbocycles. The molecule has 0 bridgehead atoms. The van der Waals surface area contributed by atoms with Crippen LogP contribution in [0.15, 0.2) is 47.3 Å². The van der Waals surface area contributed by atoms with E-state index >= 15 is 0 Å². The number of rotatable bonds is 4. The number of carbonyl (C=O) groups is 1. The molecule has 0 unspecified atom stereocenters. The highest BCUT2D eigenvalue weighted by Gasteiger charge is 2.09. The maximum absolute atomic E-state index is 12.2. The van der Waals surface area contributed by atoms with E-state index in [9.17, 15) is 4.79 Å². The third-order valence-electron chi connectivity index (χ3n) is 3.79. The van der Waals surface area contributed by atoms with Gasteiger partial charge in [0.25, 0.3) is 0 Å². The van der Waals surface area contributed by atoms with Crippen molar-refractivity contribution in [2.75, 3.05) is 5.32 Å². The zero-order chi connectivity index (χ0) is 18.8. The number of amides is 2. The molecule has 0 spiro atoms. The molecule has 9 heteroatoms. The lowest BCUT2D eigenvalue weighted by Crippen LogP contribution is -2.28. The van der Waals surface area contributed by atoms with Gasteiger partial charge in [0.1, 0.15) is 5.69 Å². The number of hydrogen-bond donors (Lipinski definition) is 3. The van der Waals surface area contributed by atoms with E-state index in [0.29, 0.717) is 28.1 Å². The van der Waals surface area contributed by atoms with Crippen LogP contribution in [0, 0.1) is 0 Å². The summed E-state index contributed by atoms with van der Waals surface area (Å²) in [5.41, 5.74) is 5.63. The molecule has 0 saturated carbocycles. The Morgan fingerprint density at radius 2 is 1.96 bits per heavy atom. The fraction of sp³-hybridized carbons (Fsp3) is 0.0556. The van der Waals surface area contributed by atoms with Gasteiger partial charge >= 0.3 is 6.03 Å². The van der Waals surface area contributed by atoms with Gasteiger partial charge in [0.15, 0.2) is 5.82 Å². The van der Waals surface area contributed by atoms with Gasteiger partial charge in [0.2, 0.25) is 0 Å². The molecule has 136 valence electrons. The summed E-state index contributed by atoms with van der Waals surface area (Å²) in [6, 6.07) is 10.3. The van der Waals surface area contributed by atoms with Crippen molar-refractivity contribution in [2.45, 2.75) is 6.54 Å². The molecule has 2 aromatic carbocycles. The summed E-state index contributed by atoms with van der Waals surface area (Å²) in [4.78, 5) is 24.1. The first-order valence-electron chi connectivity index (χ1n) is 7.95. The van der Waals surface area contributed by atoms with Gasteiger partial charge < -0.3 is 15.6 Å². The van der Waals surface area contributed by atoms with Gasteiger partial charge in [-0.1, -0.05) is 23.2 Å². The molecule has 0 aliphatic rings. The molecule has 2 aromatic heterocycles. The van der Waals surface area contributed by atoms with E-state index in [0.717, 1.165) is 22.3 Å². The van der Waals surface area contributed by atoms with Crippen molar-refractivity contribution in [3.63, 3.8) is 0 Å². The molecule has 0 radical (unpaired) electrons. The van der Waals surface area contributed by atoms with Crippen LogP contribution in [0.25, 0.3) is 22.6 Å². The highest BCUT2D eigenvalue weighted by molar-refractivity contribution is 7.07. The number of halogens is 2. The minimum absolute atomic E-state index is 0.310. The van der Waals surface area contributed by atoms with Gasteiger partial charge in [-0.2, -0.15) is 0 Å². The minimum Gasteiger partial charge on any atom is -0.337 e. The van der Waals surface area contributed by atoms with E-state index in [1.165, 1.54) is 11.3 Å². The molecule has 6 nitrogen and oxygen atoms in total. The zero-order valence-electron chi connectivity index (χ0n) is 13.8. The standard InChI is InChI=1S/C18H13Cl2N5OS/c19-11-3-10(4-12(20)5-11)7-21-18(26)23-13-1-2-14-15(6-13)25-17(24-14)16-8-27-9-22-16/h1-6,8-9H,7H2,(H,24,25)(H2,21,23,26). The summed E-state index contributed by atoms with van der Waals surface area (Å²) in [7, 11) is 0. The van der Waals surface area contributed by atoms with E-state index in [2.05, 4.69) is 25.6 Å². The highest BCUT2D eigenvalue weighted by Crippen LogP contribution is 2.23. The van der Waals surface area contributed by atoms with Crippen LogP contribution in [0.4, 0.5) is 10.5 Å². The van der Waals surface area contributed by atoms with Crippen LogP contribution in [0.1, 0.15) is 5.56 Å². The molecular weight excluding hydrogens is 405 g/mol. The number of benzene rings is 2. The first-order valence-corrected chi connectivity index (χ1v) is 9.65. The predicted molar refractivity (Wildman–Crippen MR) is 110 cm³/mol. The maximum Gasteiger partial charge on any atom is 0.319 e. The summed E-state index contributed by atoms with van der Waals surface area (Å²) >= 11 is 13.4. The number of thiazole rings is 1. The number of aromatic nitrogens is 3. The van der Waals surface area contributed by atoms with Gasteiger partial charge in [-0.05, 0) is 42.0 Å². The SMILES string of the molecule is O=C(NCc1cc(Cl)cc(Cl)c1)Nc1ccc2[nH]c(-c3cscn3)nc2c1. The van der Waals surface area contributed by atoms with Gasteiger partial charge in [0.05, 0.1) is 16.5 Å².